The van der Waals surface area contributed by atoms with E-state index in [1.807, 2.05) is 73.9 Å². The molecule has 0 aliphatic heterocycles. The average Bonchev–Trinajstić information content (AvgIpc) is 3.05. The van der Waals surface area contributed by atoms with Gasteiger partial charge in [0.25, 0.3) is 0 Å². The number of rotatable bonds is 4. The van der Waals surface area contributed by atoms with E-state index in [0.717, 1.165) is 33.6 Å². The third-order valence-corrected chi connectivity index (χ3v) is 3.77. The van der Waals surface area contributed by atoms with Gasteiger partial charge in [0, 0.05) is 24.1 Å². The van der Waals surface area contributed by atoms with Crippen molar-refractivity contribution < 1.29 is 4.74 Å². The van der Waals surface area contributed by atoms with Crippen molar-refractivity contribution >= 4 is 10.9 Å². The van der Waals surface area contributed by atoms with E-state index in [9.17, 15) is 0 Å². The van der Waals surface area contributed by atoms with Crippen LogP contribution in [0.1, 0.15) is 5.69 Å². The molecule has 0 bridgehead atoms. The van der Waals surface area contributed by atoms with E-state index in [2.05, 4.69) is 10.3 Å². The van der Waals surface area contributed by atoms with Gasteiger partial charge >= 0.3 is 0 Å². The third-order valence-electron chi connectivity index (χ3n) is 3.77. The van der Waals surface area contributed by atoms with Gasteiger partial charge in [0.05, 0.1) is 17.4 Å². The highest BCUT2D eigenvalue weighted by molar-refractivity contribution is 5.87. The van der Waals surface area contributed by atoms with Crippen LogP contribution < -0.4 is 4.74 Å². The lowest BCUT2D eigenvalue weighted by Crippen LogP contribution is -1.98. The predicted molar refractivity (Wildman–Crippen MR) is 92.5 cm³/mol. The minimum atomic E-state index is 0.371. The number of benzene rings is 2. The second-order valence-electron chi connectivity index (χ2n) is 5.56. The van der Waals surface area contributed by atoms with Gasteiger partial charge in [-0.25, -0.2) is 4.98 Å². The molecule has 0 fully saturated rings. The SMILES string of the molecule is Cn1cc(COc2cc(-c3ccccc3)nc3ccccc23)nn1. The largest absolute Gasteiger partial charge is 0.486 e. The molecule has 2 heterocycles. The van der Waals surface area contributed by atoms with Crippen molar-refractivity contribution in [3.05, 3.63) is 72.6 Å². The van der Waals surface area contributed by atoms with Crippen LogP contribution in [0.3, 0.4) is 0 Å². The first-order valence-corrected chi connectivity index (χ1v) is 7.73. The molecule has 0 atom stereocenters. The molecule has 118 valence electrons. The Bertz CT molecular complexity index is 979. The van der Waals surface area contributed by atoms with E-state index in [1.165, 1.54) is 0 Å². The van der Waals surface area contributed by atoms with Crippen LogP contribution >= 0.6 is 0 Å². The summed E-state index contributed by atoms with van der Waals surface area (Å²) in [6.07, 6.45) is 1.85. The van der Waals surface area contributed by atoms with Gasteiger partial charge in [-0.2, -0.15) is 0 Å². The summed E-state index contributed by atoms with van der Waals surface area (Å²) in [4.78, 5) is 4.75. The maximum absolute atomic E-state index is 6.02. The number of para-hydroxylation sites is 1. The number of ether oxygens (including phenoxy) is 1. The Hall–Kier alpha value is -3.21. The highest BCUT2D eigenvalue weighted by atomic mass is 16.5. The van der Waals surface area contributed by atoms with E-state index < -0.39 is 0 Å². The maximum atomic E-state index is 6.02. The summed E-state index contributed by atoms with van der Waals surface area (Å²) >= 11 is 0. The van der Waals surface area contributed by atoms with E-state index in [1.54, 1.807) is 4.68 Å². The van der Waals surface area contributed by atoms with Gasteiger partial charge in [0.1, 0.15) is 18.1 Å². The van der Waals surface area contributed by atoms with Gasteiger partial charge in [-0.05, 0) is 12.1 Å². The van der Waals surface area contributed by atoms with Crippen LogP contribution in [0.2, 0.25) is 0 Å². The Labute approximate surface area is 139 Å². The molecular formula is C19H16N4O. The smallest absolute Gasteiger partial charge is 0.134 e. The second-order valence-corrected chi connectivity index (χ2v) is 5.56. The molecule has 0 aliphatic carbocycles. The molecule has 2 aromatic carbocycles. The van der Waals surface area contributed by atoms with Crippen LogP contribution in [0, 0.1) is 0 Å². The van der Waals surface area contributed by atoms with Crippen molar-refractivity contribution in [2.24, 2.45) is 7.05 Å². The number of hydrogen-bond donors (Lipinski definition) is 0. The number of aryl methyl sites for hydroxylation is 1. The standard InChI is InChI=1S/C19H16N4O/c1-23-12-15(21-22-23)13-24-19-11-18(14-7-3-2-4-8-14)20-17-10-6-5-9-16(17)19/h2-12H,13H2,1H3. The fourth-order valence-electron chi connectivity index (χ4n) is 2.63. The average molecular weight is 316 g/mol. The van der Waals surface area contributed by atoms with Crippen molar-refractivity contribution in [1.29, 1.82) is 0 Å². The van der Waals surface area contributed by atoms with Crippen LogP contribution in [-0.4, -0.2) is 20.0 Å². The van der Waals surface area contributed by atoms with Gasteiger partial charge in [0.15, 0.2) is 0 Å². The van der Waals surface area contributed by atoms with Crippen LogP contribution in [0.25, 0.3) is 22.2 Å². The molecule has 0 unspecified atom stereocenters. The number of aromatic nitrogens is 4. The van der Waals surface area contributed by atoms with E-state index in [0.29, 0.717) is 6.61 Å². The molecule has 0 N–H and O–H groups in total. The molecule has 0 saturated heterocycles. The molecule has 4 rings (SSSR count). The van der Waals surface area contributed by atoms with Crippen molar-refractivity contribution in [1.82, 2.24) is 20.0 Å². The summed E-state index contributed by atoms with van der Waals surface area (Å²) in [5.41, 5.74) is 3.66. The molecule has 24 heavy (non-hydrogen) atoms. The van der Waals surface area contributed by atoms with Gasteiger partial charge in [-0.1, -0.05) is 47.7 Å². The van der Waals surface area contributed by atoms with Crippen LogP contribution in [0.4, 0.5) is 0 Å². The molecule has 5 nitrogen and oxygen atoms in total. The summed E-state index contributed by atoms with van der Waals surface area (Å²) in [5, 5.41) is 8.98. The molecule has 0 saturated carbocycles. The third kappa shape index (κ3) is 2.84. The first-order chi connectivity index (χ1) is 11.8. The Morgan fingerprint density at radius 1 is 1.00 bits per heavy atom. The fraction of sp³-hybridized carbons (Fsp3) is 0.105. The number of hydrogen-bond acceptors (Lipinski definition) is 4. The fourth-order valence-corrected chi connectivity index (χ4v) is 2.63. The monoisotopic (exact) mass is 316 g/mol. The Balaban J connectivity index is 1.75. The Morgan fingerprint density at radius 3 is 2.58 bits per heavy atom. The van der Waals surface area contributed by atoms with Crippen molar-refractivity contribution in [2.75, 3.05) is 0 Å². The quantitative estimate of drug-likeness (QED) is 0.577. The minimum Gasteiger partial charge on any atom is -0.486 e. The highest BCUT2D eigenvalue weighted by Crippen LogP contribution is 2.30. The molecular weight excluding hydrogens is 300 g/mol. The summed E-state index contributed by atoms with van der Waals surface area (Å²) in [5.74, 6) is 0.796. The zero-order valence-corrected chi connectivity index (χ0v) is 13.3. The first kappa shape index (κ1) is 14.4. The maximum Gasteiger partial charge on any atom is 0.134 e. The van der Waals surface area contributed by atoms with Gasteiger partial charge < -0.3 is 4.74 Å². The van der Waals surface area contributed by atoms with Crippen LogP contribution in [0.5, 0.6) is 5.75 Å². The number of nitrogens with zero attached hydrogens (tertiary/aromatic N) is 4. The van der Waals surface area contributed by atoms with Gasteiger partial charge in [-0.15, -0.1) is 5.10 Å². The predicted octanol–water partition coefficient (Wildman–Crippen LogP) is 3.61. The lowest BCUT2D eigenvalue weighted by Gasteiger charge is -2.10. The normalized spacial score (nSPS) is 10.9. The molecule has 0 aliphatic rings. The highest BCUT2D eigenvalue weighted by Gasteiger charge is 2.09. The van der Waals surface area contributed by atoms with Crippen molar-refractivity contribution in [3.8, 4) is 17.0 Å². The minimum absolute atomic E-state index is 0.371. The topological polar surface area (TPSA) is 52.8 Å². The summed E-state index contributed by atoms with van der Waals surface area (Å²) in [6, 6.07) is 20.1. The van der Waals surface area contributed by atoms with E-state index in [-0.39, 0.29) is 0 Å². The van der Waals surface area contributed by atoms with Crippen LogP contribution in [-0.2, 0) is 13.7 Å². The lowest BCUT2D eigenvalue weighted by molar-refractivity contribution is 0.305. The first-order valence-electron chi connectivity index (χ1n) is 7.73. The van der Waals surface area contributed by atoms with E-state index in [4.69, 9.17) is 9.72 Å². The van der Waals surface area contributed by atoms with Crippen molar-refractivity contribution in [3.63, 3.8) is 0 Å². The van der Waals surface area contributed by atoms with Gasteiger partial charge in [0.2, 0.25) is 0 Å². The Morgan fingerprint density at radius 2 is 1.79 bits per heavy atom. The summed E-state index contributed by atoms with van der Waals surface area (Å²) < 4.78 is 7.69. The summed E-state index contributed by atoms with van der Waals surface area (Å²) in [7, 11) is 1.84. The zero-order valence-electron chi connectivity index (χ0n) is 13.3. The molecule has 5 heteroatoms. The van der Waals surface area contributed by atoms with Crippen molar-refractivity contribution in [2.45, 2.75) is 6.61 Å². The molecule has 0 amide bonds. The van der Waals surface area contributed by atoms with E-state index >= 15 is 0 Å². The molecule has 0 radical (unpaired) electrons. The van der Waals surface area contributed by atoms with Gasteiger partial charge in [-0.3, -0.25) is 4.68 Å². The number of fused-ring (bicyclic) bond motifs is 1. The van der Waals surface area contributed by atoms with Crippen LogP contribution in [0.15, 0.2) is 66.9 Å². The second kappa shape index (κ2) is 6.12. The lowest BCUT2D eigenvalue weighted by atomic mass is 10.1. The Kier molecular flexibility index (Phi) is 3.67. The number of pyridine rings is 1. The zero-order chi connectivity index (χ0) is 16.4. The molecule has 2 aromatic heterocycles. The summed E-state index contributed by atoms with van der Waals surface area (Å²) in [6.45, 7) is 0.371. The molecule has 4 aromatic rings. The molecule has 0 spiro atoms.